The molecule has 0 saturated heterocycles. The average molecular weight is 300 g/mol. The van der Waals surface area contributed by atoms with Gasteiger partial charge in [-0.2, -0.15) is 8.78 Å². The fourth-order valence-electron chi connectivity index (χ4n) is 1.84. The number of allylic oxidation sites excluding steroid dienone is 1. The standard InChI is InChI=1S/C15H15F3O3/c1-2-21-13(20)9-11(19)8-12(14(16)15(17)18)10-6-4-3-5-7-10/h3-7,12H,2,8-9H2,1H3. The lowest BCUT2D eigenvalue weighted by Crippen LogP contribution is -2.14. The van der Waals surface area contributed by atoms with Gasteiger partial charge in [0.05, 0.1) is 6.61 Å². The molecule has 0 N–H and O–H groups in total. The number of rotatable bonds is 7. The quantitative estimate of drug-likeness (QED) is 0.569. The van der Waals surface area contributed by atoms with Gasteiger partial charge in [0.2, 0.25) is 0 Å². The molecule has 114 valence electrons. The largest absolute Gasteiger partial charge is 0.466 e. The van der Waals surface area contributed by atoms with Crippen molar-refractivity contribution in [1.29, 1.82) is 0 Å². The second-order valence-corrected chi connectivity index (χ2v) is 4.30. The third-order valence-corrected chi connectivity index (χ3v) is 2.77. The number of halogens is 3. The third-order valence-electron chi connectivity index (χ3n) is 2.77. The molecular weight excluding hydrogens is 285 g/mol. The molecule has 6 heteroatoms. The van der Waals surface area contributed by atoms with Crippen molar-refractivity contribution in [2.24, 2.45) is 0 Å². The van der Waals surface area contributed by atoms with Crippen molar-refractivity contribution in [3.63, 3.8) is 0 Å². The van der Waals surface area contributed by atoms with E-state index in [1.165, 1.54) is 12.1 Å². The summed E-state index contributed by atoms with van der Waals surface area (Å²) in [5.41, 5.74) is 0.250. The number of esters is 1. The highest BCUT2D eigenvalue weighted by Gasteiger charge is 2.25. The highest BCUT2D eigenvalue weighted by molar-refractivity contribution is 5.96. The maximum atomic E-state index is 13.6. The maximum Gasteiger partial charge on any atom is 0.313 e. The first-order valence-corrected chi connectivity index (χ1v) is 6.38. The number of ketones is 1. The molecule has 1 aromatic rings. The zero-order valence-electron chi connectivity index (χ0n) is 11.4. The molecule has 0 fully saturated rings. The highest BCUT2D eigenvalue weighted by Crippen LogP contribution is 2.32. The van der Waals surface area contributed by atoms with Crippen LogP contribution in [0.15, 0.2) is 42.2 Å². The van der Waals surface area contributed by atoms with Gasteiger partial charge < -0.3 is 4.74 Å². The van der Waals surface area contributed by atoms with E-state index >= 15 is 0 Å². The Morgan fingerprint density at radius 3 is 2.29 bits per heavy atom. The fourth-order valence-corrected chi connectivity index (χ4v) is 1.84. The van der Waals surface area contributed by atoms with Crippen LogP contribution in [0, 0.1) is 0 Å². The minimum Gasteiger partial charge on any atom is -0.466 e. The summed E-state index contributed by atoms with van der Waals surface area (Å²) in [6.07, 6.45) is -3.54. The van der Waals surface area contributed by atoms with Crippen LogP contribution in [0.3, 0.4) is 0 Å². The Balaban J connectivity index is 2.87. The first-order chi connectivity index (χ1) is 9.95. The molecule has 1 aromatic carbocycles. The molecule has 0 aromatic heterocycles. The van der Waals surface area contributed by atoms with E-state index in [1.807, 2.05) is 0 Å². The van der Waals surface area contributed by atoms with Crippen molar-refractivity contribution in [3.05, 3.63) is 47.8 Å². The smallest absolute Gasteiger partial charge is 0.313 e. The Kier molecular flexibility index (Phi) is 6.65. The molecule has 1 atom stereocenters. The Morgan fingerprint density at radius 1 is 1.14 bits per heavy atom. The van der Waals surface area contributed by atoms with Gasteiger partial charge >= 0.3 is 12.0 Å². The van der Waals surface area contributed by atoms with Gasteiger partial charge in [0.25, 0.3) is 0 Å². The van der Waals surface area contributed by atoms with Gasteiger partial charge in [0.1, 0.15) is 12.2 Å². The Hall–Kier alpha value is -2.11. The van der Waals surface area contributed by atoms with Crippen molar-refractivity contribution in [1.82, 2.24) is 0 Å². The van der Waals surface area contributed by atoms with Crippen molar-refractivity contribution in [2.45, 2.75) is 25.7 Å². The number of benzene rings is 1. The van der Waals surface area contributed by atoms with Crippen LogP contribution in [0.2, 0.25) is 0 Å². The predicted molar refractivity (Wildman–Crippen MR) is 70.4 cm³/mol. The lowest BCUT2D eigenvalue weighted by Gasteiger charge is -2.14. The molecule has 21 heavy (non-hydrogen) atoms. The molecule has 0 amide bonds. The van der Waals surface area contributed by atoms with E-state index < -0.39 is 42.4 Å². The zero-order valence-corrected chi connectivity index (χ0v) is 11.4. The number of carbonyl (C=O) groups excluding carboxylic acids is 2. The molecule has 0 radical (unpaired) electrons. The van der Waals surface area contributed by atoms with Gasteiger partial charge in [0.15, 0.2) is 5.83 Å². The van der Waals surface area contributed by atoms with E-state index in [2.05, 4.69) is 4.74 Å². The summed E-state index contributed by atoms with van der Waals surface area (Å²) in [6, 6.07) is 7.66. The van der Waals surface area contributed by atoms with Crippen LogP contribution < -0.4 is 0 Å². The van der Waals surface area contributed by atoms with Gasteiger partial charge in [-0.05, 0) is 12.5 Å². The van der Waals surface area contributed by atoms with Gasteiger partial charge in [-0.25, -0.2) is 4.39 Å². The Bertz CT molecular complexity index is 522. The summed E-state index contributed by atoms with van der Waals surface area (Å²) < 4.78 is 43.2. The van der Waals surface area contributed by atoms with Crippen LogP contribution >= 0.6 is 0 Å². The molecule has 0 aliphatic heterocycles. The summed E-state index contributed by atoms with van der Waals surface area (Å²) in [6.45, 7) is 1.69. The van der Waals surface area contributed by atoms with Crippen LogP contribution in [-0.2, 0) is 14.3 Å². The highest BCUT2D eigenvalue weighted by atomic mass is 19.3. The molecule has 0 saturated carbocycles. The van der Waals surface area contributed by atoms with Crippen LogP contribution in [0.4, 0.5) is 13.2 Å². The molecule has 3 nitrogen and oxygen atoms in total. The van der Waals surface area contributed by atoms with Gasteiger partial charge in [-0.15, -0.1) is 0 Å². The summed E-state index contributed by atoms with van der Waals surface area (Å²) >= 11 is 0. The van der Waals surface area contributed by atoms with Crippen molar-refractivity contribution in [2.75, 3.05) is 6.61 Å². The SMILES string of the molecule is CCOC(=O)CC(=O)CC(C(F)=C(F)F)c1ccccc1. The number of hydrogen-bond donors (Lipinski definition) is 0. The normalized spacial score (nSPS) is 11.6. The lowest BCUT2D eigenvalue weighted by atomic mass is 9.92. The molecule has 0 heterocycles. The van der Waals surface area contributed by atoms with Crippen LogP contribution in [0.25, 0.3) is 0 Å². The second-order valence-electron chi connectivity index (χ2n) is 4.30. The topological polar surface area (TPSA) is 43.4 Å². The fraction of sp³-hybridized carbons (Fsp3) is 0.333. The van der Waals surface area contributed by atoms with E-state index in [4.69, 9.17) is 0 Å². The van der Waals surface area contributed by atoms with Crippen molar-refractivity contribution >= 4 is 11.8 Å². The molecule has 1 unspecified atom stereocenters. The minimum atomic E-state index is -2.47. The van der Waals surface area contributed by atoms with E-state index in [-0.39, 0.29) is 12.2 Å². The Morgan fingerprint density at radius 2 is 1.76 bits per heavy atom. The van der Waals surface area contributed by atoms with E-state index in [9.17, 15) is 22.8 Å². The van der Waals surface area contributed by atoms with Gasteiger partial charge in [-0.1, -0.05) is 30.3 Å². The number of ether oxygens (including phenoxy) is 1. The van der Waals surface area contributed by atoms with E-state index in [0.29, 0.717) is 0 Å². The number of carbonyl (C=O) groups is 2. The number of Topliss-reactive ketones (excluding diaryl/α,β-unsaturated/α-hetero) is 1. The summed E-state index contributed by atoms with van der Waals surface area (Å²) in [5, 5.41) is 0. The van der Waals surface area contributed by atoms with Crippen LogP contribution in [0.5, 0.6) is 0 Å². The average Bonchev–Trinajstić information content (AvgIpc) is 2.45. The van der Waals surface area contributed by atoms with Crippen LogP contribution in [0.1, 0.15) is 31.2 Å². The molecule has 0 aliphatic carbocycles. The molecule has 0 aliphatic rings. The predicted octanol–water partition coefficient (Wildman–Crippen LogP) is 3.76. The van der Waals surface area contributed by atoms with E-state index in [1.54, 1.807) is 25.1 Å². The van der Waals surface area contributed by atoms with Crippen molar-refractivity contribution in [3.8, 4) is 0 Å². The number of hydrogen-bond acceptors (Lipinski definition) is 3. The Labute approximate surface area is 120 Å². The van der Waals surface area contributed by atoms with E-state index in [0.717, 1.165) is 0 Å². The first kappa shape index (κ1) is 16.9. The molecule has 1 rings (SSSR count). The minimum absolute atomic E-state index is 0.113. The second kappa shape index (κ2) is 8.24. The lowest BCUT2D eigenvalue weighted by molar-refractivity contribution is -0.145. The van der Waals surface area contributed by atoms with Crippen molar-refractivity contribution < 1.29 is 27.5 Å². The van der Waals surface area contributed by atoms with Crippen LogP contribution in [-0.4, -0.2) is 18.4 Å². The third kappa shape index (κ3) is 5.41. The molecule has 0 bridgehead atoms. The monoisotopic (exact) mass is 300 g/mol. The van der Waals surface area contributed by atoms with Gasteiger partial charge in [-0.3, -0.25) is 9.59 Å². The first-order valence-electron chi connectivity index (χ1n) is 6.38. The zero-order chi connectivity index (χ0) is 15.8. The summed E-state index contributed by atoms with van der Waals surface area (Å²) in [5.74, 6) is -4.45. The van der Waals surface area contributed by atoms with Gasteiger partial charge in [0, 0.05) is 12.3 Å². The maximum absolute atomic E-state index is 13.6. The molecular formula is C15H15F3O3. The molecule has 0 spiro atoms. The summed E-state index contributed by atoms with van der Waals surface area (Å²) in [4.78, 5) is 22.9. The summed E-state index contributed by atoms with van der Waals surface area (Å²) in [7, 11) is 0.